The van der Waals surface area contributed by atoms with E-state index in [1.54, 1.807) is 13.0 Å². The van der Waals surface area contributed by atoms with Crippen LogP contribution in [0.3, 0.4) is 0 Å². The van der Waals surface area contributed by atoms with Gasteiger partial charge >= 0.3 is 0 Å². The molecule has 1 atom stereocenters. The molecule has 1 fully saturated rings. The average molecular weight is 486 g/mol. The third kappa shape index (κ3) is 5.70. The zero-order valence-electron chi connectivity index (χ0n) is 16.7. The van der Waals surface area contributed by atoms with Crippen LogP contribution in [-0.2, 0) is 16.1 Å². The second-order valence-corrected chi connectivity index (χ2v) is 9.48. The van der Waals surface area contributed by atoms with Crippen molar-refractivity contribution in [3.63, 3.8) is 0 Å². The summed E-state index contributed by atoms with van der Waals surface area (Å²) in [6, 6.07) is 4.54. The van der Waals surface area contributed by atoms with E-state index in [1.807, 2.05) is 0 Å². The number of amides is 1. The lowest BCUT2D eigenvalue weighted by Gasteiger charge is -2.28. The molecule has 1 aliphatic rings. The molecular formula is C19H25BrFN5O2S. The van der Waals surface area contributed by atoms with E-state index in [-0.39, 0.29) is 11.6 Å². The average Bonchev–Trinajstić information content (AvgIpc) is 3.06. The normalized spacial score (nSPS) is 15.6. The van der Waals surface area contributed by atoms with Gasteiger partial charge in [0.15, 0.2) is 5.16 Å². The molecule has 1 unspecified atom stereocenters. The third-order valence-corrected chi connectivity index (χ3v) is 5.95. The van der Waals surface area contributed by atoms with Crippen LogP contribution >= 0.6 is 27.7 Å². The molecule has 1 aliphatic heterocycles. The van der Waals surface area contributed by atoms with Crippen molar-refractivity contribution in [2.45, 2.75) is 37.7 Å². The van der Waals surface area contributed by atoms with Gasteiger partial charge in [-0.25, -0.2) is 4.39 Å². The van der Waals surface area contributed by atoms with E-state index in [2.05, 4.69) is 54.8 Å². The predicted molar refractivity (Wildman–Crippen MR) is 116 cm³/mol. The number of hydrogen-bond donors (Lipinski definition) is 1. The van der Waals surface area contributed by atoms with Crippen LogP contribution in [0.4, 0.5) is 16.0 Å². The highest BCUT2D eigenvalue weighted by molar-refractivity contribution is 9.10. The SMILES string of the molecule is CC(C)Cn1c(SC(C)C(=O)Nc2ccc(Br)cc2F)nnc1N1CCOCC1. The number of hydrogen-bond acceptors (Lipinski definition) is 6. The minimum atomic E-state index is -0.484. The zero-order valence-corrected chi connectivity index (χ0v) is 19.1. The Labute approximate surface area is 182 Å². The lowest BCUT2D eigenvalue weighted by Crippen LogP contribution is -2.38. The molecule has 158 valence electrons. The fourth-order valence-electron chi connectivity index (χ4n) is 2.93. The molecule has 1 amide bonds. The molecule has 1 saturated heterocycles. The van der Waals surface area contributed by atoms with E-state index < -0.39 is 11.1 Å². The van der Waals surface area contributed by atoms with E-state index in [1.165, 1.54) is 23.9 Å². The van der Waals surface area contributed by atoms with Crippen LogP contribution in [0.2, 0.25) is 0 Å². The zero-order chi connectivity index (χ0) is 21.0. The largest absolute Gasteiger partial charge is 0.378 e. The first-order chi connectivity index (χ1) is 13.8. The molecule has 10 heteroatoms. The highest BCUT2D eigenvalue weighted by Gasteiger charge is 2.24. The first kappa shape index (κ1) is 22.0. The molecule has 0 aliphatic carbocycles. The highest BCUT2D eigenvalue weighted by atomic mass is 79.9. The van der Waals surface area contributed by atoms with Gasteiger partial charge in [-0.05, 0) is 31.0 Å². The number of nitrogens with one attached hydrogen (secondary N) is 1. The van der Waals surface area contributed by atoms with Crippen LogP contribution in [0.1, 0.15) is 20.8 Å². The van der Waals surface area contributed by atoms with Gasteiger partial charge in [-0.2, -0.15) is 0 Å². The summed E-state index contributed by atoms with van der Waals surface area (Å²) in [6.45, 7) is 9.63. The van der Waals surface area contributed by atoms with Crippen LogP contribution < -0.4 is 10.2 Å². The van der Waals surface area contributed by atoms with E-state index in [0.29, 0.717) is 28.8 Å². The van der Waals surface area contributed by atoms with Crippen molar-refractivity contribution in [3.8, 4) is 0 Å². The summed E-state index contributed by atoms with van der Waals surface area (Å²) < 4.78 is 22.1. The third-order valence-electron chi connectivity index (χ3n) is 4.38. The number of aromatic nitrogens is 3. The number of nitrogens with zero attached hydrogens (tertiary/aromatic N) is 4. The van der Waals surface area contributed by atoms with Gasteiger partial charge in [-0.15, -0.1) is 10.2 Å². The maximum absolute atomic E-state index is 14.0. The Balaban J connectivity index is 1.73. The number of carbonyl (C=O) groups is 1. The van der Waals surface area contributed by atoms with Crippen LogP contribution in [0.5, 0.6) is 0 Å². The fraction of sp³-hybridized carbons (Fsp3) is 0.526. The number of anilines is 2. The molecule has 7 nitrogen and oxygen atoms in total. The number of ether oxygens (including phenoxy) is 1. The summed E-state index contributed by atoms with van der Waals surface area (Å²) in [4.78, 5) is 14.8. The molecule has 0 bridgehead atoms. The molecule has 0 radical (unpaired) electrons. The van der Waals surface area contributed by atoms with Crippen molar-refractivity contribution in [3.05, 3.63) is 28.5 Å². The van der Waals surface area contributed by atoms with Gasteiger partial charge in [0, 0.05) is 24.1 Å². The van der Waals surface area contributed by atoms with Crippen molar-refractivity contribution in [1.29, 1.82) is 0 Å². The quantitative estimate of drug-likeness (QED) is 0.601. The number of carbonyl (C=O) groups excluding carboxylic acids is 1. The van der Waals surface area contributed by atoms with Crippen molar-refractivity contribution < 1.29 is 13.9 Å². The molecule has 1 N–H and O–H groups in total. The van der Waals surface area contributed by atoms with Crippen molar-refractivity contribution in [2.75, 3.05) is 36.5 Å². The fourth-order valence-corrected chi connectivity index (χ4v) is 4.11. The molecule has 1 aromatic carbocycles. The summed E-state index contributed by atoms with van der Waals surface area (Å²) in [7, 11) is 0. The molecule has 2 heterocycles. The summed E-state index contributed by atoms with van der Waals surface area (Å²) in [5.74, 6) is 0.424. The van der Waals surface area contributed by atoms with Crippen molar-refractivity contribution >= 4 is 45.2 Å². The van der Waals surface area contributed by atoms with Crippen molar-refractivity contribution in [1.82, 2.24) is 14.8 Å². The Morgan fingerprint density at radius 1 is 1.31 bits per heavy atom. The van der Waals surface area contributed by atoms with Crippen molar-refractivity contribution in [2.24, 2.45) is 5.92 Å². The summed E-state index contributed by atoms with van der Waals surface area (Å²) >= 11 is 4.53. The molecule has 0 spiro atoms. The van der Waals surface area contributed by atoms with Crippen LogP contribution in [0.15, 0.2) is 27.8 Å². The summed E-state index contributed by atoms with van der Waals surface area (Å²) in [5, 5.41) is 11.6. The van der Waals surface area contributed by atoms with Gasteiger partial charge in [-0.3, -0.25) is 9.36 Å². The molecule has 1 aromatic heterocycles. The van der Waals surface area contributed by atoms with Crippen LogP contribution in [-0.4, -0.2) is 52.2 Å². The van der Waals surface area contributed by atoms with Gasteiger partial charge in [0.2, 0.25) is 11.9 Å². The number of rotatable bonds is 7. The molecule has 0 saturated carbocycles. The standard InChI is InChI=1S/C19H25BrFN5O2S/c1-12(2)11-26-18(25-6-8-28-9-7-25)23-24-19(26)29-13(3)17(27)22-16-5-4-14(20)10-15(16)21/h4-5,10,12-13H,6-9,11H2,1-3H3,(H,22,27). The van der Waals surface area contributed by atoms with Gasteiger partial charge in [0.25, 0.3) is 0 Å². The maximum atomic E-state index is 14.0. The Morgan fingerprint density at radius 3 is 2.69 bits per heavy atom. The van der Waals surface area contributed by atoms with Gasteiger partial charge < -0.3 is 15.0 Å². The molecular weight excluding hydrogens is 461 g/mol. The number of thioether (sulfide) groups is 1. The minimum Gasteiger partial charge on any atom is -0.378 e. The Hall–Kier alpha value is -1.65. The molecule has 29 heavy (non-hydrogen) atoms. The lowest BCUT2D eigenvalue weighted by atomic mass is 10.2. The summed E-state index contributed by atoms with van der Waals surface area (Å²) in [6.07, 6.45) is 0. The second-order valence-electron chi connectivity index (χ2n) is 7.26. The number of morpholine rings is 1. The van der Waals surface area contributed by atoms with Gasteiger partial charge in [-0.1, -0.05) is 41.5 Å². The summed E-state index contributed by atoms with van der Waals surface area (Å²) in [5.41, 5.74) is 0.156. The maximum Gasteiger partial charge on any atom is 0.237 e. The van der Waals surface area contributed by atoms with E-state index in [0.717, 1.165) is 25.6 Å². The first-order valence-corrected chi connectivity index (χ1v) is 11.2. The molecule has 2 aromatic rings. The van der Waals surface area contributed by atoms with E-state index in [4.69, 9.17) is 4.74 Å². The van der Waals surface area contributed by atoms with Crippen LogP contribution in [0, 0.1) is 11.7 Å². The molecule has 3 rings (SSSR count). The topological polar surface area (TPSA) is 72.3 Å². The number of halogens is 2. The lowest BCUT2D eigenvalue weighted by molar-refractivity contribution is -0.115. The van der Waals surface area contributed by atoms with Crippen LogP contribution in [0.25, 0.3) is 0 Å². The Bertz CT molecular complexity index is 857. The smallest absolute Gasteiger partial charge is 0.237 e. The van der Waals surface area contributed by atoms with Gasteiger partial charge in [0.05, 0.1) is 24.2 Å². The number of benzene rings is 1. The minimum absolute atomic E-state index is 0.156. The predicted octanol–water partition coefficient (Wildman–Crippen LogP) is 3.79. The van der Waals surface area contributed by atoms with E-state index in [9.17, 15) is 9.18 Å². The van der Waals surface area contributed by atoms with Gasteiger partial charge in [0.1, 0.15) is 5.82 Å². The Kier molecular flexibility index (Phi) is 7.53. The highest BCUT2D eigenvalue weighted by Crippen LogP contribution is 2.28. The van der Waals surface area contributed by atoms with E-state index >= 15 is 0 Å². The monoisotopic (exact) mass is 485 g/mol. The first-order valence-electron chi connectivity index (χ1n) is 9.53. The second kappa shape index (κ2) is 9.90. The Morgan fingerprint density at radius 2 is 2.03 bits per heavy atom.